The molecule has 0 fully saturated rings. The van der Waals surface area contributed by atoms with Crippen molar-refractivity contribution in [1.29, 1.82) is 0 Å². The molecule has 0 spiro atoms. The van der Waals surface area contributed by atoms with Crippen LogP contribution in [0.4, 0.5) is 5.13 Å². The van der Waals surface area contributed by atoms with E-state index in [1.165, 1.54) is 29.4 Å². The lowest BCUT2D eigenvalue weighted by Gasteiger charge is -2.22. The molecule has 0 bridgehead atoms. The van der Waals surface area contributed by atoms with Crippen molar-refractivity contribution in [2.45, 2.75) is 39.7 Å². The van der Waals surface area contributed by atoms with Crippen LogP contribution in [0, 0.1) is 13.8 Å². The van der Waals surface area contributed by atoms with Crippen LogP contribution in [0.15, 0.2) is 39.5 Å². The van der Waals surface area contributed by atoms with Crippen molar-refractivity contribution in [3.05, 3.63) is 73.6 Å². The first-order valence-corrected chi connectivity index (χ1v) is 11.8. The van der Waals surface area contributed by atoms with E-state index in [2.05, 4.69) is 10.2 Å². The minimum Gasteiger partial charge on any atom is -0.504 e. The first-order valence-electron chi connectivity index (χ1n) is 10.9. The monoisotopic (exact) mass is 477 g/mol. The van der Waals surface area contributed by atoms with Gasteiger partial charge in [0.1, 0.15) is 10.6 Å². The Kier molecular flexibility index (Phi) is 5.36. The molecule has 9 heteroatoms. The number of nitrogens with zero attached hydrogens (tertiary/aromatic N) is 3. The largest absolute Gasteiger partial charge is 0.504 e. The van der Waals surface area contributed by atoms with Gasteiger partial charge in [0, 0.05) is 6.42 Å². The number of carbonyl (C=O) groups is 1. The Morgan fingerprint density at radius 2 is 1.91 bits per heavy atom. The number of fused-ring (bicyclic) bond motifs is 2. The quantitative estimate of drug-likeness (QED) is 0.445. The first-order chi connectivity index (χ1) is 16.3. The Hall–Kier alpha value is -3.72. The molecule has 2 aromatic carbocycles. The molecule has 1 unspecified atom stereocenters. The Balaban J connectivity index is 1.79. The fourth-order valence-corrected chi connectivity index (χ4v) is 5.23. The number of phenolic OH excluding ortho intramolecular Hbond substituents is 1. The molecule has 2 aromatic heterocycles. The second kappa shape index (κ2) is 8.25. The van der Waals surface area contributed by atoms with Crippen molar-refractivity contribution >= 4 is 33.3 Å². The second-order valence-corrected chi connectivity index (χ2v) is 9.38. The smallest absolute Gasteiger partial charge is 0.297 e. The molecule has 174 valence electrons. The van der Waals surface area contributed by atoms with Gasteiger partial charge in [0.25, 0.3) is 5.91 Å². The standard InChI is InChI=1S/C25H23N3O5S/c1-5-6-19-26-27-25(34-19)28-21(14-7-8-16(29)18(11-14)32-4)20-22(30)15-9-12(2)13(3)10-17(15)33-23(20)24(28)31/h7-11,21,29H,5-6H2,1-4H3. The molecule has 1 aliphatic rings. The van der Waals surface area contributed by atoms with Gasteiger partial charge in [-0.25, -0.2) is 0 Å². The summed E-state index contributed by atoms with van der Waals surface area (Å²) >= 11 is 1.31. The van der Waals surface area contributed by atoms with E-state index in [0.29, 0.717) is 21.7 Å². The zero-order valence-corrected chi connectivity index (χ0v) is 20.0. The van der Waals surface area contributed by atoms with Crippen LogP contribution in [0.1, 0.15) is 57.2 Å². The van der Waals surface area contributed by atoms with Crippen molar-refractivity contribution < 1.29 is 19.1 Å². The number of anilines is 1. The second-order valence-electron chi connectivity index (χ2n) is 8.34. The molecule has 3 heterocycles. The maximum absolute atomic E-state index is 13.8. The molecule has 8 nitrogen and oxygen atoms in total. The van der Waals surface area contributed by atoms with Crippen LogP contribution in [0.3, 0.4) is 0 Å². The van der Waals surface area contributed by atoms with Crippen LogP contribution >= 0.6 is 11.3 Å². The third kappa shape index (κ3) is 3.35. The van der Waals surface area contributed by atoms with Crippen LogP contribution in [-0.2, 0) is 6.42 Å². The van der Waals surface area contributed by atoms with Gasteiger partial charge in [-0.2, -0.15) is 0 Å². The van der Waals surface area contributed by atoms with E-state index >= 15 is 0 Å². The van der Waals surface area contributed by atoms with E-state index in [1.54, 1.807) is 24.3 Å². The number of aromatic hydroxyl groups is 1. The number of amides is 1. The summed E-state index contributed by atoms with van der Waals surface area (Å²) in [5.41, 5.74) is 2.84. The van der Waals surface area contributed by atoms with Gasteiger partial charge in [-0.3, -0.25) is 14.5 Å². The van der Waals surface area contributed by atoms with Gasteiger partial charge in [-0.1, -0.05) is 24.3 Å². The molecule has 1 atom stereocenters. The minimum absolute atomic E-state index is 0.00923. The van der Waals surface area contributed by atoms with Crippen LogP contribution in [0.5, 0.6) is 11.5 Å². The third-order valence-electron chi connectivity index (χ3n) is 6.13. The van der Waals surface area contributed by atoms with Crippen molar-refractivity contribution in [2.75, 3.05) is 12.0 Å². The van der Waals surface area contributed by atoms with E-state index in [4.69, 9.17) is 9.15 Å². The van der Waals surface area contributed by atoms with Crippen LogP contribution in [-0.4, -0.2) is 28.3 Å². The summed E-state index contributed by atoms with van der Waals surface area (Å²) in [6.07, 6.45) is 1.63. The van der Waals surface area contributed by atoms with Gasteiger partial charge in [-0.05, 0) is 61.2 Å². The number of aromatic nitrogens is 2. The molecule has 5 rings (SSSR count). The SMILES string of the molecule is CCCc1nnc(N2C(=O)c3oc4cc(C)c(C)cc4c(=O)c3C2c2ccc(O)c(OC)c2)s1. The lowest BCUT2D eigenvalue weighted by Crippen LogP contribution is -2.29. The van der Waals surface area contributed by atoms with E-state index in [1.807, 2.05) is 20.8 Å². The predicted molar refractivity (Wildman–Crippen MR) is 129 cm³/mol. The molecule has 0 aliphatic carbocycles. The number of hydrogen-bond donors (Lipinski definition) is 1. The fourth-order valence-electron chi connectivity index (χ4n) is 4.26. The highest BCUT2D eigenvalue weighted by atomic mass is 32.1. The maximum atomic E-state index is 13.8. The molecule has 0 saturated heterocycles. The van der Waals surface area contributed by atoms with Gasteiger partial charge in [-0.15, -0.1) is 10.2 Å². The van der Waals surface area contributed by atoms with Gasteiger partial charge in [0.2, 0.25) is 10.9 Å². The third-order valence-corrected chi connectivity index (χ3v) is 7.11. The summed E-state index contributed by atoms with van der Waals surface area (Å²) in [4.78, 5) is 28.9. The Morgan fingerprint density at radius 1 is 1.15 bits per heavy atom. The number of methoxy groups -OCH3 is 1. The van der Waals surface area contributed by atoms with Crippen LogP contribution < -0.4 is 15.1 Å². The highest BCUT2D eigenvalue weighted by molar-refractivity contribution is 7.15. The van der Waals surface area contributed by atoms with E-state index in [9.17, 15) is 14.7 Å². The summed E-state index contributed by atoms with van der Waals surface area (Å²) in [6, 6.07) is 7.53. The van der Waals surface area contributed by atoms with Crippen LogP contribution in [0.2, 0.25) is 0 Å². The summed E-state index contributed by atoms with van der Waals surface area (Å²) in [5.74, 6) is -0.271. The summed E-state index contributed by atoms with van der Waals surface area (Å²) in [7, 11) is 1.44. The van der Waals surface area contributed by atoms with Crippen molar-refractivity contribution in [1.82, 2.24) is 10.2 Å². The molecule has 4 aromatic rings. The Bertz CT molecular complexity index is 1510. The number of rotatable bonds is 5. The number of aryl methyl sites for hydroxylation is 3. The number of ether oxygens (including phenoxy) is 1. The molecular formula is C25H23N3O5S. The van der Waals surface area contributed by atoms with Gasteiger partial charge in [0.05, 0.1) is 24.1 Å². The topological polar surface area (TPSA) is 106 Å². The molecule has 1 amide bonds. The van der Waals surface area contributed by atoms with Crippen molar-refractivity contribution in [2.24, 2.45) is 0 Å². The lowest BCUT2D eigenvalue weighted by atomic mass is 9.97. The average molecular weight is 478 g/mol. The van der Waals surface area contributed by atoms with Gasteiger partial charge in [0.15, 0.2) is 16.9 Å². The minimum atomic E-state index is -0.804. The fraction of sp³-hybridized carbons (Fsp3) is 0.280. The van der Waals surface area contributed by atoms with Crippen LogP contribution in [0.25, 0.3) is 11.0 Å². The molecule has 0 radical (unpaired) electrons. The summed E-state index contributed by atoms with van der Waals surface area (Å²) < 4.78 is 11.3. The highest BCUT2D eigenvalue weighted by Crippen LogP contribution is 2.44. The summed E-state index contributed by atoms with van der Waals surface area (Å²) in [5, 5.41) is 20.2. The van der Waals surface area contributed by atoms with Gasteiger partial charge >= 0.3 is 0 Å². The van der Waals surface area contributed by atoms with Crippen molar-refractivity contribution in [3.8, 4) is 11.5 Å². The van der Waals surface area contributed by atoms with E-state index < -0.39 is 11.9 Å². The molecule has 34 heavy (non-hydrogen) atoms. The molecule has 0 saturated carbocycles. The molecular weight excluding hydrogens is 454 g/mol. The zero-order chi connectivity index (χ0) is 24.1. The number of phenols is 1. The normalized spacial score (nSPS) is 15.2. The number of benzene rings is 2. The van der Waals surface area contributed by atoms with E-state index in [-0.39, 0.29) is 28.3 Å². The zero-order valence-electron chi connectivity index (χ0n) is 19.2. The molecule has 1 aliphatic heterocycles. The number of carbonyl (C=O) groups excluding carboxylic acids is 1. The average Bonchev–Trinajstić information content (AvgIpc) is 3.38. The number of hydrogen-bond acceptors (Lipinski definition) is 8. The highest BCUT2D eigenvalue weighted by Gasteiger charge is 2.45. The van der Waals surface area contributed by atoms with E-state index in [0.717, 1.165) is 29.0 Å². The Labute approximate surface area is 199 Å². The Morgan fingerprint density at radius 3 is 2.65 bits per heavy atom. The summed E-state index contributed by atoms with van der Waals surface area (Å²) in [6.45, 7) is 5.90. The maximum Gasteiger partial charge on any atom is 0.297 e. The molecule has 1 N–H and O–H groups in total. The lowest BCUT2D eigenvalue weighted by molar-refractivity contribution is 0.0970. The first kappa shape index (κ1) is 22.1. The predicted octanol–water partition coefficient (Wildman–Crippen LogP) is 4.68. The van der Waals surface area contributed by atoms with Gasteiger partial charge < -0.3 is 14.3 Å². The van der Waals surface area contributed by atoms with Crippen molar-refractivity contribution in [3.63, 3.8) is 0 Å².